The molecule has 1 N–H and O–H groups in total. The number of carbonyl (C=O) groups excluding carboxylic acids is 1. The fourth-order valence-corrected chi connectivity index (χ4v) is 3.02. The first-order chi connectivity index (χ1) is 12.5. The quantitative estimate of drug-likeness (QED) is 0.697. The molecule has 1 amide bonds. The van der Waals surface area contributed by atoms with Gasteiger partial charge in [-0.2, -0.15) is 0 Å². The van der Waals surface area contributed by atoms with Crippen LogP contribution < -0.4 is 5.32 Å². The number of carbonyl (C=O) groups is 1. The lowest BCUT2D eigenvalue weighted by molar-refractivity contribution is 0.0950. The lowest BCUT2D eigenvalue weighted by Gasteiger charge is -2.02. The maximum Gasteiger partial charge on any atom is 0.282 e. The molecule has 0 aliphatic rings. The lowest BCUT2D eigenvalue weighted by Crippen LogP contribution is -2.22. The van der Waals surface area contributed by atoms with Crippen molar-refractivity contribution in [2.75, 3.05) is 0 Å². The van der Waals surface area contributed by atoms with Crippen LogP contribution in [-0.4, -0.2) is 16.1 Å². The van der Waals surface area contributed by atoms with Crippen molar-refractivity contribution in [1.82, 2.24) is 15.5 Å². The van der Waals surface area contributed by atoms with Gasteiger partial charge >= 0.3 is 0 Å². The molecule has 0 fully saturated rings. The van der Waals surface area contributed by atoms with Crippen LogP contribution in [-0.2, 0) is 6.54 Å². The molecule has 0 spiro atoms. The van der Waals surface area contributed by atoms with Crippen LogP contribution in [0, 0.1) is 11.6 Å². The van der Waals surface area contributed by atoms with Crippen molar-refractivity contribution in [3.8, 4) is 0 Å². The summed E-state index contributed by atoms with van der Waals surface area (Å²) in [5, 5.41) is 11.1. The van der Waals surface area contributed by atoms with Gasteiger partial charge in [0.25, 0.3) is 5.91 Å². The summed E-state index contributed by atoms with van der Waals surface area (Å²) in [6, 6.07) is 11.7. The normalized spacial score (nSPS) is 11.4. The molecule has 0 saturated carbocycles. The zero-order chi connectivity index (χ0) is 18.5. The highest BCUT2D eigenvalue weighted by molar-refractivity contribution is 7.15. The summed E-state index contributed by atoms with van der Waals surface area (Å²) < 4.78 is 26.1. The van der Waals surface area contributed by atoms with Crippen LogP contribution in [0.15, 0.2) is 48.5 Å². The van der Waals surface area contributed by atoms with Gasteiger partial charge in [0.05, 0.1) is 5.03 Å². The Morgan fingerprint density at radius 1 is 1.08 bits per heavy atom. The molecule has 0 bridgehead atoms. The molecular weight excluding hydrogens is 380 g/mol. The van der Waals surface area contributed by atoms with E-state index in [0.717, 1.165) is 16.9 Å². The van der Waals surface area contributed by atoms with Gasteiger partial charge in [0, 0.05) is 6.54 Å². The van der Waals surface area contributed by atoms with E-state index in [9.17, 15) is 13.6 Å². The third kappa shape index (κ3) is 4.71. The topological polar surface area (TPSA) is 54.9 Å². The van der Waals surface area contributed by atoms with Crippen molar-refractivity contribution in [2.45, 2.75) is 6.54 Å². The Bertz CT molecular complexity index is 957. The number of hydrogen-bond acceptors (Lipinski definition) is 4. The summed E-state index contributed by atoms with van der Waals surface area (Å²) in [6.07, 6.45) is 1.55. The zero-order valence-electron chi connectivity index (χ0n) is 13.2. The molecule has 8 heteroatoms. The van der Waals surface area contributed by atoms with E-state index in [1.165, 1.54) is 24.3 Å². The molecule has 0 aliphatic heterocycles. The third-order valence-corrected chi connectivity index (χ3v) is 4.69. The summed E-state index contributed by atoms with van der Waals surface area (Å²) in [5.41, 5.74) is 1.33. The average Bonchev–Trinajstić information content (AvgIpc) is 3.11. The van der Waals surface area contributed by atoms with Crippen molar-refractivity contribution in [3.63, 3.8) is 0 Å². The Labute approximate surface area is 157 Å². The number of nitrogens with one attached hydrogen (secondary N) is 1. The Hall–Kier alpha value is -2.64. The monoisotopic (exact) mass is 391 g/mol. The Morgan fingerprint density at radius 2 is 1.81 bits per heavy atom. The molecule has 0 aliphatic carbocycles. The first kappa shape index (κ1) is 18.2. The van der Waals surface area contributed by atoms with Gasteiger partial charge < -0.3 is 5.32 Å². The minimum atomic E-state index is -0.409. The molecule has 4 nitrogen and oxygen atoms in total. The van der Waals surface area contributed by atoms with Crippen LogP contribution in [0.4, 0.5) is 8.78 Å². The van der Waals surface area contributed by atoms with Crippen molar-refractivity contribution >= 4 is 40.0 Å². The smallest absolute Gasteiger partial charge is 0.282 e. The summed E-state index contributed by atoms with van der Waals surface area (Å²) in [4.78, 5) is 12.1. The second-order valence-electron chi connectivity index (χ2n) is 5.27. The maximum atomic E-state index is 13.2. The molecule has 0 radical (unpaired) electrons. The van der Waals surface area contributed by atoms with Crippen LogP contribution in [0.25, 0.3) is 11.1 Å². The molecule has 26 heavy (non-hydrogen) atoms. The van der Waals surface area contributed by atoms with Crippen LogP contribution >= 0.6 is 22.9 Å². The van der Waals surface area contributed by atoms with E-state index in [2.05, 4.69) is 15.5 Å². The number of amides is 1. The standard InChI is InChI=1S/C18H12ClF2N3OS/c19-15(9-12-2-1-3-14(21)8-12)17-23-24-18(26-17)16(25)22-10-11-4-6-13(20)7-5-11/h1-9H,10H2,(H,22,25). The second kappa shape index (κ2) is 8.16. The zero-order valence-corrected chi connectivity index (χ0v) is 14.8. The van der Waals surface area contributed by atoms with E-state index in [-0.39, 0.29) is 28.2 Å². The molecule has 0 saturated heterocycles. The fraction of sp³-hybridized carbons (Fsp3) is 0.0556. The van der Waals surface area contributed by atoms with Crippen molar-refractivity contribution in [1.29, 1.82) is 0 Å². The van der Waals surface area contributed by atoms with E-state index >= 15 is 0 Å². The van der Waals surface area contributed by atoms with Crippen LogP contribution in [0.3, 0.4) is 0 Å². The number of nitrogens with zero attached hydrogens (tertiary/aromatic N) is 2. The van der Waals surface area contributed by atoms with E-state index in [0.29, 0.717) is 10.6 Å². The van der Waals surface area contributed by atoms with Gasteiger partial charge in [0.1, 0.15) is 11.6 Å². The first-order valence-corrected chi connectivity index (χ1v) is 8.70. The minimum Gasteiger partial charge on any atom is -0.346 e. The summed E-state index contributed by atoms with van der Waals surface area (Å²) in [6.45, 7) is 0.237. The van der Waals surface area contributed by atoms with Gasteiger partial charge in [-0.15, -0.1) is 10.2 Å². The number of hydrogen-bond donors (Lipinski definition) is 1. The van der Waals surface area contributed by atoms with Crippen molar-refractivity contribution in [3.05, 3.63) is 81.3 Å². The summed E-state index contributed by atoms with van der Waals surface area (Å²) in [7, 11) is 0. The van der Waals surface area contributed by atoms with Crippen LogP contribution in [0.1, 0.15) is 25.9 Å². The molecule has 3 aromatic rings. The highest BCUT2D eigenvalue weighted by Crippen LogP contribution is 2.25. The van der Waals surface area contributed by atoms with Crippen molar-refractivity contribution in [2.24, 2.45) is 0 Å². The largest absolute Gasteiger partial charge is 0.346 e. The summed E-state index contributed by atoms with van der Waals surface area (Å²) in [5.74, 6) is -1.12. The number of halogens is 3. The van der Waals surface area contributed by atoms with Gasteiger partial charge in [-0.1, -0.05) is 47.2 Å². The molecule has 1 aromatic heterocycles. The van der Waals surface area contributed by atoms with E-state index < -0.39 is 5.91 Å². The molecule has 0 atom stereocenters. The van der Waals surface area contributed by atoms with Gasteiger partial charge in [0.15, 0.2) is 5.01 Å². The van der Waals surface area contributed by atoms with E-state index in [1.54, 1.807) is 30.3 Å². The van der Waals surface area contributed by atoms with Crippen LogP contribution in [0.2, 0.25) is 0 Å². The molecule has 2 aromatic carbocycles. The Kier molecular flexibility index (Phi) is 5.70. The second-order valence-corrected chi connectivity index (χ2v) is 6.65. The molecule has 1 heterocycles. The van der Waals surface area contributed by atoms with Crippen molar-refractivity contribution < 1.29 is 13.6 Å². The highest BCUT2D eigenvalue weighted by Gasteiger charge is 2.14. The van der Waals surface area contributed by atoms with Gasteiger partial charge in [-0.05, 0) is 41.5 Å². The number of benzene rings is 2. The van der Waals surface area contributed by atoms with Gasteiger partial charge in [-0.3, -0.25) is 4.79 Å². The van der Waals surface area contributed by atoms with Crippen LogP contribution in [0.5, 0.6) is 0 Å². The Morgan fingerprint density at radius 3 is 2.54 bits per heavy atom. The third-order valence-electron chi connectivity index (χ3n) is 3.33. The number of aromatic nitrogens is 2. The first-order valence-electron chi connectivity index (χ1n) is 7.50. The molecule has 0 unspecified atom stereocenters. The highest BCUT2D eigenvalue weighted by atomic mass is 35.5. The molecule has 132 valence electrons. The van der Waals surface area contributed by atoms with Gasteiger partial charge in [0.2, 0.25) is 5.01 Å². The predicted molar refractivity (Wildman–Crippen MR) is 97.6 cm³/mol. The predicted octanol–water partition coefficient (Wildman–Crippen LogP) is 4.48. The Balaban J connectivity index is 1.66. The average molecular weight is 392 g/mol. The molecule has 3 rings (SSSR count). The fourth-order valence-electron chi connectivity index (χ4n) is 2.08. The maximum absolute atomic E-state index is 13.2. The van der Waals surface area contributed by atoms with E-state index in [4.69, 9.17) is 11.6 Å². The van der Waals surface area contributed by atoms with E-state index in [1.807, 2.05) is 0 Å². The van der Waals surface area contributed by atoms with Gasteiger partial charge in [-0.25, -0.2) is 8.78 Å². The lowest BCUT2D eigenvalue weighted by atomic mass is 10.2. The summed E-state index contributed by atoms with van der Waals surface area (Å²) >= 11 is 7.20. The minimum absolute atomic E-state index is 0.146. The SMILES string of the molecule is O=C(NCc1ccc(F)cc1)c1nnc(C(Cl)=Cc2cccc(F)c2)s1. The molecular formula is C18H12ClF2N3OS. The number of rotatable bonds is 5.